The molecule has 0 N–H and O–H groups in total. The van der Waals surface area contributed by atoms with Crippen molar-refractivity contribution < 1.29 is 13.3 Å². The van der Waals surface area contributed by atoms with Crippen molar-refractivity contribution in [3.8, 4) is 0 Å². The van der Waals surface area contributed by atoms with Crippen LogP contribution in [-0.4, -0.2) is 28.1 Å². The van der Waals surface area contributed by atoms with Gasteiger partial charge in [-0.3, -0.25) is 4.90 Å². The summed E-state index contributed by atoms with van der Waals surface area (Å²) in [6.07, 6.45) is 4.38. The zero-order valence-electron chi connectivity index (χ0n) is 12.8. The van der Waals surface area contributed by atoms with Crippen LogP contribution in [0.5, 0.6) is 0 Å². The van der Waals surface area contributed by atoms with E-state index in [0.29, 0.717) is 12.5 Å². The molecule has 122 valence electrons. The molecule has 1 saturated carbocycles. The Morgan fingerprint density at radius 1 is 1.13 bits per heavy atom. The molecule has 2 aromatic rings. The predicted octanol–water partition coefficient (Wildman–Crippen LogP) is 3.60. The van der Waals surface area contributed by atoms with Gasteiger partial charge in [-0.05, 0) is 49.9 Å². The maximum atomic E-state index is 13.3. The fourth-order valence-corrected chi connectivity index (χ4v) is 3.22. The van der Waals surface area contributed by atoms with E-state index in [1.54, 1.807) is 6.07 Å². The van der Waals surface area contributed by atoms with Gasteiger partial charge in [0.25, 0.3) is 0 Å². The Labute approximate surface area is 133 Å². The van der Waals surface area contributed by atoms with Gasteiger partial charge in [0.05, 0.1) is 0 Å². The minimum atomic E-state index is -0.801. The third-order valence-electron chi connectivity index (χ3n) is 4.64. The van der Waals surface area contributed by atoms with Gasteiger partial charge >= 0.3 is 0 Å². The first kappa shape index (κ1) is 14.8. The van der Waals surface area contributed by atoms with Crippen LogP contribution in [0.2, 0.25) is 0 Å². The highest BCUT2D eigenvalue weighted by Crippen LogP contribution is 2.39. The van der Waals surface area contributed by atoms with Gasteiger partial charge in [0.15, 0.2) is 17.5 Å². The zero-order chi connectivity index (χ0) is 15.8. The molecule has 1 unspecified atom stereocenters. The first-order valence-corrected chi connectivity index (χ1v) is 8.19. The van der Waals surface area contributed by atoms with Crippen LogP contribution < -0.4 is 0 Å². The van der Waals surface area contributed by atoms with Crippen LogP contribution in [0.25, 0.3) is 0 Å². The van der Waals surface area contributed by atoms with Crippen LogP contribution in [0.15, 0.2) is 22.7 Å². The number of piperidine rings is 1. The molecule has 1 atom stereocenters. The molecule has 1 aromatic carbocycles. The van der Waals surface area contributed by atoms with Gasteiger partial charge in [0, 0.05) is 24.9 Å². The minimum Gasteiger partial charge on any atom is -0.339 e. The lowest BCUT2D eigenvalue weighted by Crippen LogP contribution is -2.34. The Hall–Kier alpha value is -1.82. The van der Waals surface area contributed by atoms with E-state index in [9.17, 15) is 8.78 Å². The van der Waals surface area contributed by atoms with Crippen LogP contribution in [0, 0.1) is 11.6 Å². The Bertz CT molecular complexity index is 699. The van der Waals surface area contributed by atoms with Crippen molar-refractivity contribution in [2.75, 3.05) is 13.1 Å². The number of nitrogens with zero attached hydrogens (tertiary/aromatic N) is 3. The SMILES string of the molecule is Fc1ccc(CN2CCCC(c3noc(C4CC4)n3)C2)cc1F. The number of hydrogen-bond acceptors (Lipinski definition) is 4. The summed E-state index contributed by atoms with van der Waals surface area (Å²) in [5.74, 6) is 0.705. The quantitative estimate of drug-likeness (QED) is 0.863. The molecule has 1 aliphatic heterocycles. The van der Waals surface area contributed by atoms with Gasteiger partial charge < -0.3 is 4.52 Å². The van der Waals surface area contributed by atoms with Crippen LogP contribution in [0.3, 0.4) is 0 Å². The van der Waals surface area contributed by atoms with Crippen molar-refractivity contribution in [3.05, 3.63) is 47.1 Å². The summed E-state index contributed by atoms with van der Waals surface area (Å²) in [5.41, 5.74) is 0.788. The van der Waals surface area contributed by atoms with Gasteiger partial charge in [-0.1, -0.05) is 11.2 Å². The Morgan fingerprint density at radius 2 is 2.00 bits per heavy atom. The summed E-state index contributed by atoms with van der Waals surface area (Å²) in [6, 6.07) is 4.10. The van der Waals surface area contributed by atoms with E-state index < -0.39 is 11.6 Å². The van der Waals surface area contributed by atoms with E-state index in [4.69, 9.17) is 4.52 Å². The number of aromatic nitrogens is 2. The first-order valence-electron chi connectivity index (χ1n) is 8.19. The number of likely N-dealkylation sites (tertiary alicyclic amines) is 1. The van der Waals surface area contributed by atoms with Crippen molar-refractivity contribution in [2.24, 2.45) is 0 Å². The molecule has 0 radical (unpaired) electrons. The molecule has 2 aliphatic rings. The molecule has 1 aliphatic carbocycles. The number of hydrogen-bond donors (Lipinski definition) is 0. The molecule has 1 saturated heterocycles. The molecular formula is C17H19F2N3O. The summed E-state index contributed by atoms with van der Waals surface area (Å²) in [7, 11) is 0. The number of rotatable bonds is 4. The third-order valence-corrected chi connectivity index (χ3v) is 4.64. The second-order valence-electron chi connectivity index (χ2n) is 6.59. The van der Waals surface area contributed by atoms with E-state index in [2.05, 4.69) is 15.0 Å². The van der Waals surface area contributed by atoms with Gasteiger partial charge in [-0.25, -0.2) is 8.78 Å². The molecule has 2 fully saturated rings. The fourth-order valence-electron chi connectivity index (χ4n) is 3.22. The monoisotopic (exact) mass is 319 g/mol. The van der Waals surface area contributed by atoms with E-state index in [0.717, 1.165) is 56.1 Å². The molecule has 0 amide bonds. The summed E-state index contributed by atoms with van der Waals surface area (Å²) in [6.45, 7) is 2.38. The lowest BCUT2D eigenvalue weighted by Gasteiger charge is -2.31. The Morgan fingerprint density at radius 3 is 2.78 bits per heavy atom. The normalized spacial score (nSPS) is 22.4. The van der Waals surface area contributed by atoms with Crippen molar-refractivity contribution in [1.29, 1.82) is 0 Å². The summed E-state index contributed by atoms with van der Waals surface area (Å²) in [4.78, 5) is 6.79. The Kier molecular flexibility index (Phi) is 3.85. The lowest BCUT2D eigenvalue weighted by atomic mass is 9.97. The fraction of sp³-hybridized carbons (Fsp3) is 0.529. The largest absolute Gasteiger partial charge is 0.339 e. The van der Waals surface area contributed by atoms with E-state index in [-0.39, 0.29) is 5.92 Å². The average molecular weight is 319 g/mol. The zero-order valence-corrected chi connectivity index (χ0v) is 12.8. The average Bonchev–Trinajstić information content (AvgIpc) is 3.28. The van der Waals surface area contributed by atoms with Crippen LogP contribution >= 0.6 is 0 Å². The minimum absolute atomic E-state index is 0.255. The topological polar surface area (TPSA) is 42.2 Å². The molecule has 1 aromatic heterocycles. The van der Waals surface area contributed by atoms with E-state index >= 15 is 0 Å². The summed E-state index contributed by atoms with van der Waals surface area (Å²) < 4.78 is 31.7. The van der Waals surface area contributed by atoms with E-state index in [1.807, 2.05) is 0 Å². The van der Waals surface area contributed by atoms with Gasteiger partial charge in [0.1, 0.15) is 0 Å². The highest BCUT2D eigenvalue weighted by atomic mass is 19.2. The number of benzene rings is 1. The van der Waals surface area contributed by atoms with Gasteiger partial charge in [-0.2, -0.15) is 4.98 Å². The van der Waals surface area contributed by atoms with Crippen LogP contribution in [0.1, 0.15) is 54.8 Å². The molecule has 2 heterocycles. The first-order chi connectivity index (χ1) is 11.2. The molecular weight excluding hydrogens is 300 g/mol. The van der Waals surface area contributed by atoms with Crippen molar-refractivity contribution in [3.63, 3.8) is 0 Å². The maximum Gasteiger partial charge on any atom is 0.229 e. The highest BCUT2D eigenvalue weighted by Gasteiger charge is 2.32. The highest BCUT2D eigenvalue weighted by molar-refractivity contribution is 5.18. The maximum absolute atomic E-state index is 13.3. The third kappa shape index (κ3) is 3.27. The van der Waals surface area contributed by atoms with E-state index in [1.165, 1.54) is 12.1 Å². The molecule has 0 bridgehead atoms. The Balaban J connectivity index is 1.42. The van der Waals surface area contributed by atoms with Crippen molar-refractivity contribution in [2.45, 2.75) is 44.1 Å². The van der Waals surface area contributed by atoms with Gasteiger partial charge in [0.2, 0.25) is 5.89 Å². The molecule has 0 spiro atoms. The summed E-state index contributed by atoms with van der Waals surface area (Å²) >= 11 is 0. The molecule has 6 heteroatoms. The van der Waals surface area contributed by atoms with Crippen LogP contribution in [0.4, 0.5) is 8.78 Å². The molecule has 4 nitrogen and oxygen atoms in total. The molecule has 23 heavy (non-hydrogen) atoms. The number of halogens is 2. The second kappa shape index (κ2) is 6.00. The lowest BCUT2D eigenvalue weighted by molar-refractivity contribution is 0.194. The predicted molar refractivity (Wildman–Crippen MR) is 79.9 cm³/mol. The molecule has 4 rings (SSSR count). The van der Waals surface area contributed by atoms with Gasteiger partial charge in [-0.15, -0.1) is 0 Å². The van der Waals surface area contributed by atoms with Crippen LogP contribution in [-0.2, 0) is 6.54 Å². The smallest absolute Gasteiger partial charge is 0.229 e. The second-order valence-corrected chi connectivity index (χ2v) is 6.59. The standard InChI is InChI=1S/C17H19F2N3O/c18-14-6-3-11(8-15(14)19)9-22-7-1-2-13(10-22)16-20-17(23-21-16)12-4-5-12/h3,6,8,12-13H,1-2,4-5,7,9-10H2. The van der Waals surface area contributed by atoms with Crippen molar-refractivity contribution >= 4 is 0 Å². The van der Waals surface area contributed by atoms with Crippen molar-refractivity contribution in [1.82, 2.24) is 15.0 Å². The summed E-state index contributed by atoms with van der Waals surface area (Å²) in [5, 5.41) is 4.15.